The summed E-state index contributed by atoms with van der Waals surface area (Å²) in [4.78, 5) is 12.5. The van der Waals surface area contributed by atoms with Gasteiger partial charge in [0.15, 0.2) is 5.76 Å². The van der Waals surface area contributed by atoms with Crippen molar-refractivity contribution in [1.29, 1.82) is 0 Å². The molecule has 4 rings (SSSR count). The molecule has 0 bridgehead atoms. The van der Waals surface area contributed by atoms with E-state index in [0.717, 1.165) is 28.5 Å². The standard InChI is InChI=1S/C22H22ClN5O2/c1-13-11-14(2)27(25-13)12-19-9-10-20(30-19)22(29)24-17-5-7-18(8-6-17)28-16(4)21(23)15(3)26-28/h5-11H,12H2,1-4H3,(H,24,29). The molecule has 154 valence electrons. The fourth-order valence-corrected chi connectivity index (χ4v) is 3.44. The zero-order valence-corrected chi connectivity index (χ0v) is 18.0. The summed E-state index contributed by atoms with van der Waals surface area (Å²) in [6.45, 7) is 8.19. The van der Waals surface area contributed by atoms with Crippen molar-refractivity contribution in [2.75, 3.05) is 5.32 Å². The molecule has 1 N–H and O–H groups in total. The molecule has 3 heterocycles. The van der Waals surface area contributed by atoms with Crippen molar-refractivity contribution in [3.05, 3.63) is 81.8 Å². The van der Waals surface area contributed by atoms with Gasteiger partial charge >= 0.3 is 0 Å². The fourth-order valence-electron chi connectivity index (χ4n) is 3.32. The molecule has 0 aliphatic heterocycles. The second kappa shape index (κ2) is 7.84. The summed E-state index contributed by atoms with van der Waals surface area (Å²) in [6.07, 6.45) is 0. The largest absolute Gasteiger partial charge is 0.454 e. The number of hydrogen-bond donors (Lipinski definition) is 1. The van der Waals surface area contributed by atoms with Crippen molar-refractivity contribution in [2.24, 2.45) is 0 Å². The average Bonchev–Trinajstić information content (AvgIpc) is 3.38. The van der Waals surface area contributed by atoms with E-state index in [0.29, 0.717) is 23.0 Å². The highest BCUT2D eigenvalue weighted by Gasteiger charge is 2.14. The molecule has 1 aromatic carbocycles. The monoisotopic (exact) mass is 423 g/mol. The number of halogens is 1. The maximum absolute atomic E-state index is 12.5. The van der Waals surface area contributed by atoms with Gasteiger partial charge in [0.05, 0.1) is 34.3 Å². The zero-order valence-electron chi connectivity index (χ0n) is 17.2. The molecule has 0 atom stereocenters. The van der Waals surface area contributed by atoms with Crippen LogP contribution in [-0.4, -0.2) is 25.5 Å². The lowest BCUT2D eigenvalue weighted by atomic mass is 10.2. The average molecular weight is 424 g/mol. The Labute approximate surface area is 179 Å². The van der Waals surface area contributed by atoms with Gasteiger partial charge in [0, 0.05) is 11.4 Å². The van der Waals surface area contributed by atoms with Crippen LogP contribution in [0, 0.1) is 27.7 Å². The van der Waals surface area contributed by atoms with Gasteiger partial charge in [0.2, 0.25) is 0 Å². The van der Waals surface area contributed by atoms with E-state index in [4.69, 9.17) is 16.0 Å². The Bertz CT molecular complexity index is 1220. The zero-order chi connectivity index (χ0) is 21.4. The van der Waals surface area contributed by atoms with Gasteiger partial charge in [-0.15, -0.1) is 0 Å². The number of amides is 1. The first-order chi connectivity index (χ1) is 14.3. The number of aromatic nitrogens is 4. The number of rotatable bonds is 5. The Kier molecular flexibility index (Phi) is 5.22. The topological polar surface area (TPSA) is 77.9 Å². The quantitative estimate of drug-likeness (QED) is 0.497. The normalized spacial score (nSPS) is 11.1. The van der Waals surface area contributed by atoms with Gasteiger partial charge < -0.3 is 9.73 Å². The summed E-state index contributed by atoms with van der Waals surface area (Å²) in [5, 5.41) is 12.4. The van der Waals surface area contributed by atoms with Crippen LogP contribution < -0.4 is 5.32 Å². The van der Waals surface area contributed by atoms with Crippen LogP contribution in [0.15, 0.2) is 46.9 Å². The molecule has 0 spiro atoms. The number of nitrogens with one attached hydrogen (secondary N) is 1. The molecule has 0 fully saturated rings. The van der Waals surface area contributed by atoms with Crippen LogP contribution >= 0.6 is 11.6 Å². The van der Waals surface area contributed by atoms with E-state index in [2.05, 4.69) is 15.5 Å². The first-order valence-electron chi connectivity index (χ1n) is 9.55. The molecule has 3 aromatic heterocycles. The smallest absolute Gasteiger partial charge is 0.291 e. The van der Waals surface area contributed by atoms with Gasteiger partial charge in [0.25, 0.3) is 5.91 Å². The van der Waals surface area contributed by atoms with Crippen molar-refractivity contribution in [3.63, 3.8) is 0 Å². The molecule has 4 aromatic rings. The van der Waals surface area contributed by atoms with Crippen molar-refractivity contribution >= 4 is 23.2 Å². The summed E-state index contributed by atoms with van der Waals surface area (Å²) in [6, 6.07) is 12.8. The Hall–Kier alpha value is -3.32. The molecule has 7 nitrogen and oxygen atoms in total. The number of carbonyl (C=O) groups excluding carboxylic acids is 1. The second-order valence-electron chi connectivity index (χ2n) is 7.25. The summed E-state index contributed by atoms with van der Waals surface area (Å²) >= 11 is 6.22. The molecule has 0 radical (unpaired) electrons. The minimum atomic E-state index is -0.309. The van der Waals surface area contributed by atoms with Crippen LogP contribution in [0.2, 0.25) is 5.02 Å². The van der Waals surface area contributed by atoms with Crippen LogP contribution in [0.4, 0.5) is 5.69 Å². The molecule has 0 aliphatic carbocycles. The number of furan rings is 1. The van der Waals surface area contributed by atoms with Crippen molar-refractivity contribution < 1.29 is 9.21 Å². The van der Waals surface area contributed by atoms with Crippen molar-refractivity contribution in [1.82, 2.24) is 19.6 Å². The summed E-state index contributed by atoms with van der Waals surface area (Å²) in [5.74, 6) is 0.612. The number of anilines is 1. The van der Waals surface area contributed by atoms with Crippen molar-refractivity contribution in [3.8, 4) is 5.69 Å². The number of carbonyl (C=O) groups is 1. The molecular formula is C22H22ClN5O2. The first-order valence-corrected chi connectivity index (χ1v) is 9.93. The molecule has 0 saturated heterocycles. The molecular weight excluding hydrogens is 402 g/mol. The van der Waals surface area contributed by atoms with E-state index >= 15 is 0 Å². The van der Waals surface area contributed by atoms with Gasteiger partial charge in [0.1, 0.15) is 5.76 Å². The van der Waals surface area contributed by atoms with E-state index in [-0.39, 0.29) is 11.7 Å². The predicted molar refractivity (Wildman–Crippen MR) is 116 cm³/mol. The number of aryl methyl sites for hydroxylation is 3. The molecule has 1 amide bonds. The van der Waals surface area contributed by atoms with E-state index in [1.165, 1.54) is 0 Å². The maximum atomic E-state index is 12.5. The van der Waals surface area contributed by atoms with E-state index in [9.17, 15) is 4.79 Å². The third-order valence-electron chi connectivity index (χ3n) is 4.87. The van der Waals surface area contributed by atoms with Crippen LogP contribution in [0.1, 0.15) is 39.1 Å². The lowest BCUT2D eigenvalue weighted by molar-refractivity contribution is 0.0994. The highest BCUT2D eigenvalue weighted by molar-refractivity contribution is 6.31. The van der Waals surface area contributed by atoms with Gasteiger partial charge in [-0.25, -0.2) is 4.68 Å². The second-order valence-corrected chi connectivity index (χ2v) is 7.63. The highest BCUT2D eigenvalue weighted by Crippen LogP contribution is 2.23. The summed E-state index contributed by atoms with van der Waals surface area (Å²) < 4.78 is 9.33. The fraction of sp³-hybridized carbons (Fsp3) is 0.227. The van der Waals surface area contributed by atoms with Crippen LogP contribution in [0.3, 0.4) is 0 Å². The lowest BCUT2D eigenvalue weighted by Crippen LogP contribution is -2.11. The van der Waals surface area contributed by atoms with Gasteiger partial charge in [-0.3, -0.25) is 9.48 Å². The van der Waals surface area contributed by atoms with Gasteiger partial charge in [-0.05, 0) is 70.2 Å². The van der Waals surface area contributed by atoms with Gasteiger partial charge in [-0.1, -0.05) is 11.6 Å². The predicted octanol–water partition coefficient (Wildman–Crippen LogP) is 4.85. The number of nitrogens with zero attached hydrogens (tertiary/aromatic N) is 4. The highest BCUT2D eigenvalue weighted by atomic mass is 35.5. The third kappa shape index (κ3) is 3.89. The van der Waals surface area contributed by atoms with Crippen LogP contribution in [0.25, 0.3) is 5.69 Å². The van der Waals surface area contributed by atoms with Crippen molar-refractivity contribution in [2.45, 2.75) is 34.2 Å². The minimum absolute atomic E-state index is 0.251. The Morgan fingerprint density at radius 2 is 1.80 bits per heavy atom. The molecule has 30 heavy (non-hydrogen) atoms. The molecule has 0 aliphatic rings. The minimum Gasteiger partial charge on any atom is -0.454 e. The lowest BCUT2D eigenvalue weighted by Gasteiger charge is -2.07. The Balaban J connectivity index is 1.44. The Morgan fingerprint density at radius 1 is 1.07 bits per heavy atom. The van der Waals surface area contributed by atoms with E-state index in [1.807, 2.05) is 62.7 Å². The summed E-state index contributed by atoms with van der Waals surface area (Å²) in [7, 11) is 0. The molecule has 0 saturated carbocycles. The van der Waals surface area contributed by atoms with E-state index < -0.39 is 0 Å². The maximum Gasteiger partial charge on any atom is 0.291 e. The number of hydrogen-bond acceptors (Lipinski definition) is 4. The summed E-state index contributed by atoms with van der Waals surface area (Å²) in [5.41, 5.74) is 5.16. The molecule has 0 unspecified atom stereocenters. The molecule has 8 heteroatoms. The van der Waals surface area contributed by atoms with E-state index in [1.54, 1.807) is 16.8 Å². The van der Waals surface area contributed by atoms with Crippen LogP contribution in [-0.2, 0) is 6.54 Å². The first kappa shape index (κ1) is 20.0. The Morgan fingerprint density at radius 3 is 2.40 bits per heavy atom. The number of benzene rings is 1. The SMILES string of the molecule is Cc1cc(C)n(Cc2ccc(C(=O)Nc3ccc(-n4nc(C)c(Cl)c4C)cc3)o2)n1. The van der Waals surface area contributed by atoms with Gasteiger partial charge in [-0.2, -0.15) is 10.2 Å². The van der Waals surface area contributed by atoms with Crippen LogP contribution in [0.5, 0.6) is 0 Å². The third-order valence-corrected chi connectivity index (χ3v) is 5.41.